The van der Waals surface area contributed by atoms with Gasteiger partial charge in [-0.3, -0.25) is 0 Å². The van der Waals surface area contributed by atoms with Gasteiger partial charge in [0.2, 0.25) is 0 Å². The first-order valence-electron chi connectivity index (χ1n) is 7.71. The molecule has 0 fully saturated rings. The molecule has 0 N–H and O–H groups in total. The van der Waals surface area contributed by atoms with E-state index >= 15 is 0 Å². The normalized spacial score (nSPS) is 8.57. The first-order chi connectivity index (χ1) is 12.9. The van der Waals surface area contributed by atoms with Gasteiger partial charge in [-0.15, -0.1) is 0 Å². The van der Waals surface area contributed by atoms with Gasteiger partial charge in [-0.2, -0.15) is 0 Å². The van der Waals surface area contributed by atoms with E-state index in [0.29, 0.717) is 0 Å². The van der Waals surface area contributed by atoms with E-state index in [9.17, 15) is 29.7 Å². The van der Waals surface area contributed by atoms with Gasteiger partial charge in [-0.25, -0.2) is 0 Å². The Morgan fingerprint density at radius 2 is 0.607 bits per heavy atom. The fourth-order valence-corrected chi connectivity index (χ4v) is 1.72. The van der Waals surface area contributed by atoms with Crippen molar-refractivity contribution in [3.63, 3.8) is 0 Å². The zero-order valence-electron chi connectivity index (χ0n) is 14.4. The molecule has 0 aliphatic carbocycles. The van der Waals surface area contributed by atoms with Crippen LogP contribution in [0.25, 0.3) is 0 Å². The zero-order valence-corrected chi connectivity index (χ0v) is 15.5. The Bertz CT molecular complexity index is 734. The third kappa shape index (κ3) is 9.90. The summed E-state index contributed by atoms with van der Waals surface area (Å²) in [7, 11) is 0. The molecule has 0 aromatic heterocycles. The molecule has 0 aliphatic rings. The molecule has 0 atom stereocenters. The Morgan fingerprint density at radius 3 is 0.714 bits per heavy atom. The fraction of sp³-hybridized carbons (Fsp3) is 0. The predicted octanol–water partition coefficient (Wildman–Crippen LogP) is 0.148. The first-order valence-corrected chi connectivity index (χ1v) is 7.71. The summed E-state index contributed by atoms with van der Waals surface area (Å²) in [5, 5.41) is 30.3. The van der Waals surface area contributed by atoms with E-state index in [4.69, 9.17) is 0 Å². The molecule has 3 rings (SSSR count). The van der Waals surface area contributed by atoms with Crippen LogP contribution in [0, 0.1) is 0 Å². The summed E-state index contributed by atoms with van der Waals surface area (Å²) in [6, 6.07) is 24.2. The van der Waals surface area contributed by atoms with Crippen molar-refractivity contribution >= 4 is 17.9 Å². The molecule has 7 heteroatoms. The Hall–Kier alpha value is -3.42. The van der Waals surface area contributed by atoms with Crippen molar-refractivity contribution in [1.82, 2.24) is 0 Å². The number of carbonyl (C=O) groups is 3. The van der Waals surface area contributed by atoms with Crippen LogP contribution in [0.1, 0.15) is 31.1 Å². The average molecular weight is 422 g/mol. The molecule has 0 aliphatic heterocycles. The van der Waals surface area contributed by atoms with E-state index in [0.717, 1.165) is 0 Å². The topological polar surface area (TPSA) is 120 Å². The molecule has 0 saturated carbocycles. The summed E-state index contributed by atoms with van der Waals surface area (Å²) >= 11 is 0. The van der Waals surface area contributed by atoms with E-state index in [1.54, 1.807) is 54.6 Å². The minimum absolute atomic E-state index is 0. The summed E-state index contributed by atoms with van der Waals surface area (Å²) in [5.41, 5.74) is 0.660. The van der Waals surface area contributed by atoms with E-state index in [-0.39, 0.29) is 33.5 Å². The van der Waals surface area contributed by atoms with E-state index in [2.05, 4.69) is 0 Å². The summed E-state index contributed by atoms with van der Waals surface area (Å²) in [6.45, 7) is 0. The Morgan fingerprint density at radius 1 is 0.429 bits per heavy atom. The molecule has 28 heavy (non-hydrogen) atoms. The third-order valence-corrected chi connectivity index (χ3v) is 3.03. The quantitative estimate of drug-likeness (QED) is 0.593. The SMILES string of the molecule is O=C([O-])c1ccccc1.O=C([O-])c1ccccc1.O=C([O-])c1ccccc1.[Co+3]. The number of hydrogen-bond acceptors (Lipinski definition) is 6. The van der Waals surface area contributed by atoms with Crippen LogP contribution >= 0.6 is 0 Å². The number of carboxylic acid groups (broad SMARTS) is 3. The predicted molar refractivity (Wildman–Crippen MR) is 92.3 cm³/mol. The second kappa shape index (κ2) is 13.7. The van der Waals surface area contributed by atoms with Crippen LogP contribution in [0.15, 0.2) is 91.0 Å². The van der Waals surface area contributed by atoms with E-state index < -0.39 is 17.9 Å². The van der Waals surface area contributed by atoms with Crippen LogP contribution < -0.4 is 15.3 Å². The van der Waals surface area contributed by atoms with Crippen LogP contribution in [0.3, 0.4) is 0 Å². The molecule has 0 heterocycles. The standard InChI is InChI=1S/3C7H6O2.Co/c3*8-7(9)6-4-2-1-3-5-6;/h3*1-5H,(H,8,9);/q;;;+3/p-3. The van der Waals surface area contributed by atoms with Gasteiger partial charge in [-0.1, -0.05) is 91.0 Å². The van der Waals surface area contributed by atoms with Crippen LogP contribution in [0.5, 0.6) is 0 Å². The van der Waals surface area contributed by atoms with Gasteiger partial charge in [0.15, 0.2) is 0 Å². The van der Waals surface area contributed by atoms with Gasteiger partial charge in [0.25, 0.3) is 0 Å². The molecule has 0 bridgehead atoms. The van der Waals surface area contributed by atoms with Gasteiger partial charge in [0.05, 0.1) is 17.9 Å². The molecule has 3 aromatic rings. The molecule has 0 spiro atoms. The molecule has 6 nitrogen and oxygen atoms in total. The van der Waals surface area contributed by atoms with Gasteiger partial charge in [0.1, 0.15) is 0 Å². The monoisotopic (exact) mass is 422 g/mol. The maximum absolute atomic E-state index is 10.1. The second-order valence-electron chi connectivity index (χ2n) is 4.96. The van der Waals surface area contributed by atoms with Gasteiger partial charge in [-0.05, 0) is 16.7 Å². The largest absolute Gasteiger partial charge is 3.00 e. The number of carboxylic acids is 3. The van der Waals surface area contributed by atoms with Crippen molar-refractivity contribution in [3.05, 3.63) is 108 Å². The minimum Gasteiger partial charge on any atom is -0.545 e. The van der Waals surface area contributed by atoms with Crippen LogP contribution in [0.2, 0.25) is 0 Å². The number of hydrogen-bond donors (Lipinski definition) is 0. The van der Waals surface area contributed by atoms with Gasteiger partial charge in [0, 0.05) is 0 Å². The summed E-state index contributed by atoms with van der Waals surface area (Å²) in [5.74, 6) is -3.39. The number of rotatable bonds is 3. The maximum atomic E-state index is 10.1. The summed E-state index contributed by atoms with van der Waals surface area (Å²) in [4.78, 5) is 30.3. The van der Waals surface area contributed by atoms with Crippen LogP contribution in [-0.2, 0) is 16.8 Å². The summed E-state index contributed by atoms with van der Waals surface area (Å²) in [6.07, 6.45) is 0. The smallest absolute Gasteiger partial charge is 0.545 e. The Kier molecular flexibility index (Phi) is 12.1. The van der Waals surface area contributed by atoms with E-state index in [1.165, 1.54) is 36.4 Å². The Balaban J connectivity index is 0.000000384. The van der Waals surface area contributed by atoms with Crippen molar-refractivity contribution in [2.45, 2.75) is 0 Å². The fourth-order valence-electron chi connectivity index (χ4n) is 1.72. The summed E-state index contributed by atoms with van der Waals surface area (Å²) < 4.78 is 0. The molecule has 0 unspecified atom stereocenters. The molecule has 0 saturated heterocycles. The molecule has 0 radical (unpaired) electrons. The number of carbonyl (C=O) groups excluding carboxylic acids is 3. The van der Waals surface area contributed by atoms with Crippen LogP contribution in [-0.4, -0.2) is 17.9 Å². The van der Waals surface area contributed by atoms with Crippen molar-refractivity contribution in [1.29, 1.82) is 0 Å². The molecular weight excluding hydrogens is 407 g/mol. The zero-order chi connectivity index (χ0) is 20.1. The van der Waals surface area contributed by atoms with E-state index in [1.807, 2.05) is 0 Å². The number of benzene rings is 3. The van der Waals surface area contributed by atoms with Crippen molar-refractivity contribution in [2.24, 2.45) is 0 Å². The molecular formula is C21H15CoO6. The van der Waals surface area contributed by atoms with Crippen molar-refractivity contribution in [2.75, 3.05) is 0 Å². The van der Waals surface area contributed by atoms with Crippen molar-refractivity contribution < 1.29 is 46.5 Å². The van der Waals surface area contributed by atoms with Crippen LogP contribution in [0.4, 0.5) is 0 Å². The molecule has 3 aromatic carbocycles. The maximum Gasteiger partial charge on any atom is 3.00 e. The minimum atomic E-state index is -1.13. The number of aromatic carboxylic acids is 3. The molecule has 0 amide bonds. The van der Waals surface area contributed by atoms with Crippen molar-refractivity contribution in [3.8, 4) is 0 Å². The van der Waals surface area contributed by atoms with Gasteiger partial charge < -0.3 is 29.7 Å². The second-order valence-corrected chi connectivity index (χ2v) is 4.96. The Labute approximate surface area is 172 Å². The average Bonchev–Trinajstić information content (AvgIpc) is 2.71. The van der Waals surface area contributed by atoms with Gasteiger partial charge >= 0.3 is 16.8 Å². The third-order valence-electron chi connectivity index (χ3n) is 3.03. The molecule has 144 valence electrons. The first kappa shape index (κ1) is 24.6.